The number of hydrogen-bond acceptors (Lipinski definition) is 5. The van der Waals surface area contributed by atoms with Crippen LogP contribution >= 0.6 is 0 Å². The minimum atomic E-state index is 0.445. The maximum Gasteiger partial charge on any atom is 0.203 e. The summed E-state index contributed by atoms with van der Waals surface area (Å²) in [4.78, 5) is 4.68. The molecule has 0 saturated heterocycles. The van der Waals surface area contributed by atoms with E-state index in [9.17, 15) is 0 Å². The highest BCUT2D eigenvalue weighted by atomic mass is 16.5. The van der Waals surface area contributed by atoms with Crippen LogP contribution in [-0.4, -0.2) is 40.4 Å². The zero-order valence-corrected chi connectivity index (χ0v) is 18.2. The van der Waals surface area contributed by atoms with E-state index in [-0.39, 0.29) is 0 Å². The van der Waals surface area contributed by atoms with Crippen molar-refractivity contribution in [1.29, 1.82) is 0 Å². The van der Waals surface area contributed by atoms with Gasteiger partial charge in [-0.05, 0) is 30.7 Å². The third kappa shape index (κ3) is 6.34. The molecule has 0 radical (unpaired) electrons. The third-order valence-corrected chi connectivity index (χ3v) is 4.26. The first-order chi connectivity index (χ1) is 14.7. The summed E-state index contributed by atoms with van der Waals surface area (Å²) in [5, 5.41) is 6.61. The molecule has 0 spiro atoms. The Bertz CT molecular complexity index is 827. The molecular weight excluding hydrogens is 382 g/mol. The lowest BCUT2D eigenvalue weighted by Gasteiger charge is -2.15. The summed E-state index contributed by atoms with van der Waals surface area (Å²) in [6.07, 6.45) is 1.73. The molecule has 7 heteroatoms. The quantitative estimate of drug-likeness (QED) is 0.334. The summed E-state index contributed by atoms with van der Waals surface area (Å²) in [5.41, 5.74) is 1.98. The highest BCUT2D eigenvalue weighted by molar-refractivity contribution is 5.79. The van der Waals surface area contributed by atoms with Crippen LogP contribution in [0.2, 0.25) is 0 Å². The molecule has 0 aliphatic carbocycles. The first kappa shape index (κ1) is 22.9. The fourth-order valence-corrected chi connectivity index (χ4v) is 2.86. The Kier molecular flexibility index (Phi) is 9.37. The van der Waals surface area contributed by atoms with Gasteiger partial charge in [-0.1, -0.05) is 30.9 Å². The van der Waals surface area contributed by atoms with Crippen LogP contribution in [0.4, 0.5) is 0 Å². The number of methoxy groups -OCH3 is 3. The molecule has 0 unspecified atom stereocenters. The Morgan fingerprint density at radius 3 is 2.30 bits per heavy atom. The van der Waals surface area contributed by atoms with Crippen molar-refractivity contribution in [3.63, 3.8) is 0 Å². The fraction of sp³-hybridized carbons (Fsp3) is 0.348. The van der Waals surface area contributed by atoms with Gasteiger partial charge in [-0.3, -0.25) is 0 Å². The molecule has 2 N–H and O–H groups in total. The number of aliphatic imine (C=N–C) groups is 1. The summed E-state index contributed by atoms with van der Waals surface area (Å²) in [6.45, 7) is 7.96. The highest BCUT2D eigenvalue weighted by Crippen LogP contribution is 2.38. The van der Waals surface area contributed by atoms with Crippen molar-refractivity contribution in [2.45, 2.75) is 20.0 Å². The number of nitrogens with zero attached hydrogens (tertiary/aromatic N) is 1. The van der Waals surface area contributed by atoms with Crippen molar-refractivity contribution in [2.24, 2.45) is 4.99 Å². The number of nitrogens with one attached hydrogen (secondary N) is 2. The zero-order valence-electron chi connectivity index (χ0n) is 18.2. The van der Waals surface area contributed by atoms with Crippen LogP contribution in [0.3, 0.4) is 0 Å². The summed E-state index contributed by atoms with van der Waals surface area (Å²) in [6, 6.07) is 11.7. The van der Waals surface area contributed by atoms with Gasteiger partial charge in [0.2, 0.25) is 5.75 Å². The van der Waals surface area contributed by atoms with Crippen LogP contribution in [0.5, 0.6) is 23.0 Å². The lowest BCUT2D eigenvalue weighted by Crippen LogP contribution is -2.36. The number of benzene rings is 2. The van der Waals surface area contributed by atoms with Gasteiger partial charge in [-0.2, -0.15) is 0 Å². The van der Waals surface area contributed by atoms with Crippen molar-refractivity contribution in [1.82, 2.24) is 10.6 Å². The van der Waals surface area contributed by atoms with Crippen LogP contribution in [-0.2, 0) is 13.1 Å². The lowest BCUT2D eigenvalue weighted by molar-refractivity contribution is 0.324. The number of rotatable bonds is 11. The predicted octanol–water partition coefficient (Wildman–Crippen LogP) is 3.53. The number of guanidine groups is 1. The van der Waals surface area contributed by atoms with Gasteiger partial charge in [-0.15, -0.1) is 0 Å². The minimum absolute atomic E-state index is 0.445. The molecule has 2 rings (SSSR count). The highest BCUT2D eigenvalue weighted by Gasteiger charge is 2.13. The average molecular weight is 414 g/mol. The third-order valence-electron chi connectivity index (χ3n) is 4.26. The second-order valence-corrected chi connectivity index (χ2v) is 6.29. The number of hydrogen-bond donors (Lipinski definition) is 2. The molecule has 0 amide bonds. The summed E-state index contributed by atoms with van der Waals surface area (Å²) < 4.78 is 21.9. The zero-order chi connectivity index (χ0) is 21.8. The van der Waals surface area contributed by atoms with E-state index in [1.54, 1.807) is 27.4 Å². The van der Waals surface area contributed by atoms with E-state index in [2.05, 4.69) is 22.2 Å². The summed E-state index contributed by atoms with van der Waals surface area (Å²) >= 11 is 0. The van der Waals surface area contributed by atoms with Gasteiger partial charge in [0, 0.05) is 18.7 Å². The van der Waals surface area contributed by atoms with E-state index in [4.69, 9.17) is 18.9 Å². The van der Waals surface area contributed by atoms with Crippen molar-refractivity contribution in [3.8, 4) is 23.0 Å². The fourth-order valence-electron chi connectivity index (χ4n) is 2.86. The van der Waals surface area contributed by atoms with Crippen molar-refractivity contribution in [2.75, 3.05) is 34.5 Å². The van der Waals surface area contributed by atoms with Gasteiger partial charge in [-0.25, -0.2) is 4.99 Å². The van der Waals surface area contributed by atoms with E-state index in [1.807, 2.05) is 43.3 Å². The summed E-state index contributed by atoms with van der Waals surface area (Å²) in [5.74, 6) is 3.30. The van der Waals surface area contributed by atoms with Crippen LogP contribution in [0.1, 0.15) is 18.1 Å². The number of para-hydroxylation sites is 1. The van der Waals surface area contributed by atoms with E-state index in [0.29, 0.717) is 42.9 Å². The van der Waals surface area contributed by atoms with Crippen molar-refractivity contribution >= 4 is 5.96 Å². The van der Waals surface area contributed by atoms with Gasteiger partial charge in [0.1, 0.15) is 12.4 Å². The van der Waals surface area contributed by atoms with Crippen LogP contribution in [0.15, 0.2) is 54.0 Å². The molecule has 0 fully saturated rings. The van der Waals surface area contributed by atoms with Gasteiger partial charge in [0.05, 0.1) is 27.9 Å². The normalized spacial score (nSPS) is 10.9. The lowest BCUT2D eigenvalue weighted by atomic mass is 10.2. The smallest absolute Gasteiger partial charge is 0.203 e. The molecule has 0 aliphatic heterocycles. The summed E-state index contributed by atoms with van der Waals surface area (Å²) in [7, 11) is 4.78. The maximum atomic E-state index is 5.72. The molecule has 2 aromatic carbocycles. The van der Waals surface area contributed by atoms with Gasteiger partial charge < -0.3 is 29.6 Å². The van der Waals surface area contributed by atoms with E-state index < -0.39 is 0 Å². The molecule has 0 saturated carbocycles. The topological polar surface area (TPSA) is 73.3 Å². The van der Waals surface area contributed by atoms with Crippen LogP contribution in [0.25, 0.3) is 0 Å². The molecule has 0 heterocycles. The van der Waals surface area contributed by atoms with E-state index >= 15 is 0 Å². The van der Waals surface area contributed by atoms with Crippen molar-refractivity contribution < 1.29 is 18.9 Å². The molecule has 162 valence electrons. The van der Waals surface area contributed by atoms with Crippen molar-refractivity contribution in [3.05, 3.63) is 60.2 Å². The largest absolute Gasteiger partial charge is 0.493 e. The molecule has 30 heavy (non-hydrogen) atoms. The molecule has 0 aromatic heterocycles. The molecule has 0 aliphatic rings. The Balaban J connectivity index is 2.14. The SMILES string of the molecule is C=CCOc1ccccc1CNC(=NCc1cc(OC)c(OC)c(OC)c1)NCC. The Hall–Kier alpha value is -3.35. The predicted molar refractivity (Wildman–Crippen MR) is 120 cm³/mol. The number of ether oxygens (including phenoxy) is 4. The Labute approximate surface area is 178 Å². The Morgan fingerprint density at radius 1 is 1.00 bits per heavy atom. The van der Waals surface area contributed by atoms with Gasteiger partial charge in [0.25, 0.3) is 0 Å². The second kappa shape index (κ2) is 12.3. The standard InChI is InChI=1S/C23H31N3O4/c1-6-12-30-19-11-9-8-10-18(19)16-26-23(24-7-2)25-15-17-13-20(27-3)22(29-5)21(14-17)28-4/h6,8-11,13-14H,1,7,12,15-16H2,2-5H3,(H2,24,25,26). The Morgan fingerprint density at radius 2 is 1.70 bits per heavy atom. The monoisotopic (exact) mass is 413 g/mol. The molecule has 2 aromatic rings. The molecule has 7 nitrogen and oxygen atoms in total. The second-order valence-electron chi connectivity index (χ2n) is 6.29. The maximum absolute atomic E-state index is 5.72. The van der Waals surface area contributed by atoms with Crippen LogP contribution in [0, 0.1) is 0 Å². The molecule has 0 bridgehead atoms. The van der Waals surface area contributed by atoms with Crippen LogP contribution < -0.4 is 29.6 Å². The minimum Gasteiger partial charge on any atom is -0.493 e. The van der Waals surface area contributed by atoms with E-state index in [0.717, 1.165) is 23.4 Å². The first-order valence-corrected chi connectivity index (χ1v) is 9.79. The van der Waals surface area contributed by atoms with Gasteiger partial charge >= 0.3 is 0 Å². The molecule has 0 atom stereocenters. The molecular formula is C23H31N3O4. The van der Waals surface area contributed by atoms with Gasteiger partial charge in [0.15, 0.2) is 17.5 Å². The first-order valence-electron chi connectivity index (χ1n) is 9.79. The van der Waals surface area contributed by atoms with E-state index in [1.165, 1.54) is 0 Å². The average Bonchev–Trinajstić information content (AvgIpc) is 2.79.